The highest BCUT2D eigenvalue weighted by molar-refractivity contribution is 7.33. The Labute approximate surface area is 87.3 Å². The largest absolute Gasteiger partial charge is 0.320 e. The average molecular weight is 254 g/mol. The van der Waals surface area contributed by atoms with E-state index in [1.54, 1.807) is 0 Å². The first-order valence-electron chi connectivity index (χ1n) is 3.69. The van der Waals surface area contributed by atoms with Crippen molar-refractivity contribution in [2.75, 3.05) is 0 Å². The summed E-state index contributed by atoms with van der Waals surface area (Å²) in [6.45, 7) is 0. The molecule has 0 fully saturated rings. The molecule has 0 aromatic rings. The van der Waals surface area contributed by atoms with E-state index in [4.69, 9.17) is 9.05 Å². The Morgan fingerprint density at radius 1 is 1.07 bits per heavy atom. The highest BCUT2D eigenvalue weighted by atomic mass is 31.1. The summed E-state index contributed by atoms with van der Waals surface area (Å²) in [5.41, 5.74) is -1.36. The molecule has 0 aliphatic rings. The minimum absolute atomic E-state index is 0.410. The molecule has 0 amide bonds. The lowest BCUT2D eigenvalue weighted by Crippen LogP contribution is -2.09. The van der Waals surface area contributed by atoms with E-state index in [-0.39, 0.29) is 0 Å². The Morgan fingerprint density at radius 2 is 1.43 bits per heavy atom. The van der Waals surface area contributed by atoms with Crippen LogP contribution in [-0.2, 0) is 13.6 Å². The smallest absolute Gasteiger partial charge is 0.299 e. The van der Waals surface area contributed by atoms with Crippen molar-refractivity contribution in [2.45, 2.75) is 11.5 Å². The van der Waals surface area contributed by atoms with Crippen LogP contribution in [0.5, 0.6) is 0 Å². The molecule has 0 bridgehead atoms. The third-order valence-corrected chi connectivity index (χ3v) is 4.15. The maximum absolute atomic E-state index is 11.5. The van der Waals surface area contributed by atoms with E-state index in [1.165, 1.54) is 0 Å². The van der Waals surface area contributed by atoms with Crippen molar-refractivity contribution >= 4 is 28.7 Å². The summed E-state index contributed by atoms with van der Waals surface area (Å²) in [5.74, 6) is 4.10. The van der Waals surface area contributed by atoms with Crippen LogP contribution in [0.15, 0.2) is 0 Å². The number of hydrogen-bond donors (Lipinski definition) is 0. The van der Waals surface area contributed by atoms with E-state index in [2.05, 4.69) is 11.8 Å². The molecule has 0 heterocycles. The summed E-state index contributed by atoms with van der Waals surface area (Å²) in [7, 11) is -1.93. The van der Waals surface area contributed by atoms with Gasteiger partial charge in [-0.2, -0.15) is 0 Å². The Hall–Kier alpha value is -0.436. The number of rotatable bonds is 4. The van der Waals surface area contributed by atoms with Gasteiger partial charge in [-0.25, -0.2) is 0 Å². The third-order valence-electron chi connectivity index (χ3n) is 1.06. The van der Waals surface area contributed by atoms with Crippen LogP contribution in [0.1, 0.15) is 0 Å². The van der Waals surface area contributed by atoms with Crippen LogP contribution in [0.25, 0.3) is 0 Å². The molecule has 78 valence electrons. The molecule has 0 saturated heterocycles. The Morgan fingerprint density at radius 3 is 1.71 bits per heavy atom. The molecule has 0 rings (SSSR count). The first-order chi connectivity index (χ1) is 6.60. The normalized spacial score (nSPS) is 15.9. The van der Waals surface area contributed by atoms with E-state index in [0.29, 0.717) is 20.5 Å². The van der Waals surface area contributed by atoms with E-state index in [9.17, 15) is 13.3 Å². The maximum Gasteiger partial charge on any atom is 0.320 e. The SMILES string of the molecule is O=[PH](OC([SiH3])C#CF)OC([SiH3])C#CF. The van der Waals surface area contributed by atoms with Crippen LogP contribution in [0, 0.1) is 24.2 Å². The van der Waals surface area contributed by atoms with Crippen LogP contribution in [0.2, 0.25) is 0 Å². The molecule has 3 nitrogen and oxygen atoms in total. The van der Waals surface area contributed by atoms with E-state index in [1.807, 2.05) is 0 Å². The molecule has 0 aromatic carbocycles. The third kappa shape index (κ3) is 7.01. The highest BCUT2D eigenvalue weighted by Crippen LogP contribution is 2.26. The minimum Gasteiger partial charge on any atom is -0.299 e. The van der Waals surface area contributed by atoms with Crippen LogP contribution in [0.4, 0.5) is 8.78 Å². The molecule has 0 aromatic heterocycles. The van der Waals surface area contributed by atoms with E-state index >= 15 is 0 Å². The average Bonchev–Trinajstić information content (AvgIpc) is 2.03. The molecule has 8 heteroatoms. The molecular weight excluding hydrogens is 245 g/mol. The molecule has 0 saturated carbocycles. The summed E-state index contributed by atoms with van der Waals surface area (Å²) < 4.78 is 43.4. The van der Waals surface area contributed by atoms with Gasteiger partial charge in [-0.15, -0.1) is 8.78 Å². The van der Waals surface area contributed by atoms with Gasteiger partial charge in [0.25, 0.3) is 0 Å². The van der Waals surface area contributed by atoms with Crippen molar-refractivity contribution in [1.82, 2.24) is 0 Å². The number of hydrogen-bond acceptors (Lipinski definition) is 3. The molecule has 14 heavy (non-hydrogen) atoms. The zero-order valence-corrected chi connectivity index (χ0v) is 12.6. The summed E-state index contributed by atoms with van der Waals surface area (Å²) in [6, 6.07) is 0. The van der Waals surface area contributed by atoms with Crippen LogP contribution in [0.3, 0.4) is 0 Å². The van der Waals surface area contributed by atoms with Gasteiger partial charge in [0.1, 0.15) is 23.8 Å². The van der Waals surface area contributed by atoms with Crippen molar-refractivity contribution in [3.63, 3.8) is 0 Å². The van der Waals surface area contributed by atoms with Gasteiger partial charge in [0, 0.05) is 0 Å². The van der Waals surface area contributed by atoms with Crippen molar-refractivity contribution < 1.29 is 22.4 Å². The maximum atomic E-state index is 11.5. The monoisotopic (exact) mass is 254 g/mol. The van der Waals surface area contributed by atoms with Gasteiger partial charge < -0.3 is 0 Å². The zero-order chi connectivity index (χ0) is 11.0. The fourth-order valence-electron chi connectivity index (χ4n) is 0.529. The quantitative estimate of drug-likeness (QED) is 0.354. The first-order valence-corrected chi connectivity index (χ1v) is 7.23. The molecule has 2 atom stereocenters. The fourth-order valence-corrected chi connectivity index (χ4v) is 2.65. The summed E-state index contributed by atoms with van der Waals surface area (Å²) in [4.78, 5) is 0. The lowest BCUT2D eigenvalue weighted by atomic mass is 10.7. The number of halogens is 2. The Bertz CT molecular complexity index is 287. The second-order valence-corrected chi connectivity index (χ2v) is 5.32. The van der Waals surface area contributed by atoms with Gasteiger partial charge in [0.2, 0.25) is 0 Å². The van der Waals surface area contributed by atoms with E-state index in [0.717, 1.165) is 12.3 Å². The summed E-state index contributed by atoms with van der Waals surface area (Å²) in [6.07, 6.45) is 2.31. The van der Waals surface area contributed by atoms with Gasteiger partial charge in [0.05, 0.1) is 20.5 Å². The Balaban J connectivity index is 3.94. The molecule has 2 unspecified atom stereocenters. The standard InChI is InChI=1S/C6H9F2O3PSi2/c7-3-1-5(13)10-12(9)11-6(14)2-4-8/h5-6,12H,13-14H3. The topological polar surface area (TPSA) is 35.5 Å². The molecular formula is C6H9F2O3PSi2. The fraction of sp³-hybridized carbons (Fsp3) is 0.333. The van der Waals surface area contributed by atoms with Crippen LogP contribution < -0.4 is 0 Å². The highest BCUT2D eigenvalue weighted by Gasteiger charge is 2.08. The Kier molecular flexibility index (Phi) is 7.67. The van der Waals surface area contributed by atoms with Crippen molar-refractivity contribution in [3.05, 3.63) is 0 Å². The zero-order valence-electron chi connectivity index (χ0n) is 7.64. The van der Waals surface area contributed by atoms with Gasteiger partial charge in [-0.3, -0.25) is 13.6 Å². The second-order valence-electron chi connectivity index (χ2n) is 2.25. The lowest BCUT2D eigenvalue weighted by molar-refractivity contribution is 0.236. The van der Waals surface area contributed by atoms with Crippen molar-refractivity contribution in [3.8, 4) is 24.2 Å². The van der Waals surface area contributed by atoms with Gasteiger partial charge in [-0.05, 0) is 11.8 Å². The second kappa shape index (κ2) is 7.92. The predicted octanol–water partition coefficient (Wildman–Crippen LogP) is -1.35. The first kappa shape index (κ1) is 13.6. The van der Waals surface area contributed by atoms with E-state index < -0.39 is 19.7 Å². The van der Waals surface area contributed by atoms with Crippen molar-refractivity contribution in [1.29, 1.82) is 0 Å². The summed E-state index contributed by atoms with van der Waals surface area (Å²) >= 11 is 0. The van der Waals surface area contributed by atoms with Gasteiger partial charge in [-0.1, -0.05) is 0 Å². The van der Waals surface area contributed by atoms with Crippen molar-refractivity contribution in [2.24, 2.45) is 0 Å². The van der Waals surface area contributed by atoms with Crippen LogP contribution in [-0.4, -0.2) is 31.9 Å². The molecule has 0 aliphatic carbocycles. The van der Waals surface area contributed by atoms with Gasteiger partial charge >= 0.3 is 8.25 Å². The molecule has 0 spiro atoms. The minimum atomic E-state index is -2.75. The van der Waals surface area contributed by atoms with Crippen LogP contribution >= 0.6 is 8.25 Å². The lowest BCUT2D eigenvalue weighted by Gasteiger charge is -2.08. The molecule has 0 N–H and O–H groups in total. The molecule has 0 aliphatic heterocycles. The molecule has 0 radical (unpaired) electrons. The summed E-state index contributed by atoms with van der Waals surface area (Å²) in [5, 5.41) is 0. The predicted molar refractivity (Wildman–Crippen MR) is 56.4 cm³/mol. The van der Waals surface area contributed by atoms with Gasteiger partial charge in [0.15, 0.2) is 0 Å².